The minimum atomic E-state index is -0.987. The van der Waals surface area contributed by atoms with E-state index in [4.69, 9.17) is 4.74 Å². The van der Waals surface area contributed by atoms with Crippen molar-refractivity contribution in [3.8, 4) is 5.75 Å². The summed E-state index contributed by atoms with van der Waals surface area (Å²) in [7, 11) is 3.43. The normalized spacial score (nSPS) is 15.1. The third kappa shape index (κ3) is 4.22. The highest BCUT2D eigenvalue weighted by Crippen LogP contribution is 2.36. The number of ether oxygens (including phenoxy) is 1. The molecule has 1 heterocycles. The first-order chi connectivity index (χ1) is 15.4. The highest BCUT2D eigenvalue weighted by Gasteiger charge is 2.22. The average Bonchev–Trinajstić information content (AvgIpc) is 3.46. The number of aromatic amines is 1. The Morgan fingerprint density at radius 1 is 1.12 bits per heavy atom. The van der Waals surface area contributed by atoms with Crippen LogP contribution < -0.4 is 4.74 Å². The number of amides is 1. The van der Waals surface area contributed by atoms with E-state index in [-0.39, 0.29) is 17.4 Å². The molecule has 1 fully saturated rings. The van der Waals surface area contributed by atoms with Crippen molar-refractivity contribution in [2.24, 2.45) is 5.92 Å². The van der Waals surface area contributed by atoms with Crippen LogP contribution in [-0.4, -0.2) is 47.6 Å². The number of nitrogens with zero attached hydrogens (tertiary/aromatic N) is 1. The fourth-order valence-electron chi connectivity index (χ4n) is 4.89. The standard InChI is InChI=1S/C26H30N2O4/c1-16(20-10-8-19(26(30)31)13-24(20)32-3)22-14-27-23-11-9-18(12-21(22)23)25(29)28(2)15-17-6-4-5-7-17/h8-14,16-17,27H,4-7,15H2,1-3H3,(H,30,31). The minimum absolute atomic E-state index is 0.0435. The number of methoxy groups -OCH3 is 1. The van der Waals surface area contributed by atoms with E-state index in [0.717, 1.165) is 28.6 Å². The van der Waals surface area contributed by atoms with E-state index in [1.165, 1.54) is 25.7 Å². The Labute approximate surface area is 188 Å². The van der Waals surface area contributed by atoms with Gasteiger partial charge in [0.2, 0.25) is 0 Å². The van der Waals surface area contributed by atoms with Gasteiger partial charge in [0.15, 0.2) is 0 Å². The predicted molar refractivity (Wildman–Crippen MR) is 125 cm³/mol. The second kappa shape index (κ2) is 9.07. The van der Waals surface area contributed by atoms with E-state index >= 15 is 0 Å². The van der Waals surface area contributed by atoms with Gasteiger partial charge in [-0.1, -0.05) is 25.8 Å². The van der Waals surface area contributed by atoms with Crippen molar-refractivity contribution in [2.45, 2.75) is 38.5 Å². The molecule has 1 aromatic heterocycles. The molecular formula is C26H30N2O4. The van der Waals surface area contributed by atoms with Crippen molar-refractivity contribution in [3.63, 3.8) is 0 Å². The van der Waals surface area contributed by atoms with Gasteiger partial charge in [-0.25, -0.2) is 4.79 Å². The van der Waals surface area contributed by atoms with E-state index < -0.39 is 5.97 Å². The Morgan fingerprint density at radius 2 is 1.84 bits per heavy atom. The molecule has 0 spiro atoms. The van der Waals surface area contributed by atoms with Gasteiger partial charge in [-0.05, 0) is 54.7 Å². The first kappa shape index (κ1) is 21.9. The molecular weight excluding hydrogens is 404 g/mol. The molecule has 0 saturated heterocycles. The molecule has 2 aromatic carbocycles. The molecule has 2 N–H and O–H groups in total. The van der Waals surface area contributed by atoms with Crippen LogP contribution in [0.1, 0.15) is 70.4 Å². The second-order valence-electron chi connectivity index (χ2n) is 8.82. The number of fused-ring (bicyclic) bond motifs is 1. The average molecular weight is 435 g/mol. The number of H-pyrrole nitrogens is 1. The topological polar surface area (TPSA) is 82.6 Å². The van der Waals surface area contributed by atoms with Crippen LogP contribution in [0.4, 0.5) is 0 Å². The highest BCUT2D eigenvalue weighted by atomic mass is 16.5. The maximum Gasteiger partial charge on any atom is 0.335 e. The largest absolute Gasteiger partial charge is 0.496 e. The van der Waals surface area contributed by atoms with Gasteiger partial charge in [0.1, 0.15) is 5.75 Å². The van der Waals surface area contributed by atoms with E-state index in [1.807, 2.05) is 36.3 Å². The molecule has 1 atom stereocenters. The van der Waals surface area contributed by atoms with Gasteiger partial charge in [-0.2, -0.15) is 0 Å². The summed E-state index contributed by atoms with van der Waals surface area (Å²) in [5, 5.41) is 10.3. The van der Waals surface area contributed by atoms with Gasteiger partial charge in [-0.15, -0.1) is 0 Å². The molecule has 6 nitrogen and oxygen atoms in total. The molecule has 1 saturated carbocycles. The number of rotatable bonds is 7. The van der Waals surface area contributed by atoms with Gasteiger partial charge >= 0.3 is 5.97 Å². The number of aromatic carboxylic acids is 1. The molecule has 1 unspecified atom stereocenters. The molecule has 6 heteroatoms. The lowest BCUT2D eigenvalue weighted by molar-refractivity contribution is 0.0695. The molecule has 32 heavy (non-hydrogen) atoms. The smallest absolute Gasteiger partial charge is 0.335 e. The van der Waals surface area contributed by atoms with E-state index in [0.29, 0.717) is 17.2 Å². The van der Waals surface area contributed by atoms with Crippen LogP contribution in [-0.2, 0) is 0 Å². The fraction of sp³-hybridized carbons (Fsp3) is 0.385. The number of aromatic nitrogens is 1. The number of nitrogens with one attached hydrogen (secondary N) is 1. The summed E-state index contributed by atoms with van der Waals surface area (Å²) in [5.41, 5.74) is 3.76. The van der Waals surface area contributed by atoms with Crippen molar-refractivity contribution in [1.29, 1.82) is 0 Å². The molecule has 4 rings (SSSR count). The van der Waals surface area contributed by atoms with Crippen LogP contribution >= 0.6 is 0 Å². The van der Waals surface area contributed by atoms with Crippen molar-refractivity contribution in [3.05, 3.63) is 64.8 Å². The van der Waals surface area contributed by atoms with Crippen molar-refractivity contribution in [1.82, 2.24) is 9.88 Å². The Balaban J connectivity index is 1.64. The van der Waals surface area contributed by atoms with E-state index in [1.54, 1.807) is 25.3 Å². The van der Waals surface area contributed by atoms with E-state index in [9.17, 15) is 14.7 Å². The number of hydrogen-bond acceptors (Lipinski definition) is 3. The quantitative estimate of drug-likeness (QED) is 0.529. The highest BCUT2D eigenvalue weighted by molar-refractivity contribution is 5.99. The van der Waals surface area contributed by atoms with Crippen LogP contribution in [0.2, 0.25) is 0 Å². The van der Waals surface area contributed by atoms with Crippen LogP contribution in [0.25, 0.3) is 10.9 Å². The summed E-state index contributed by atoms with van der Waals surface area (Å²) in [6.45, 7) is 2.86. The maximum absolute atomic E-state index is 13.1. The van der Waals surface area contributed by atoms with Crippen LogP contribution in [0, 0.1) is 5.92 Å². The summed E-state index contributed by atoms with van der Waals surface area (Å²) in [6.07, 6.45) is 6.90. The zero-order valence-electron chi connectivity index (χ0n) is 18.9. The third-order valence-electron chi connectivity index (χ3n) is 6.73. The summed E-state index contributed by atoms with van der Waals surface area (Å²) in [5.74, 6) is 0.150. The molecule has 0 bridgehead atoms. The Morgan fingerprint density at radius 3 is 2.53 bits per heavy atom. The summed E-state index contributed by atoms with van der Waals surface area (Å²) in [4.78, 5) is 29.6. The first-order valence-electron chi connectivity index (χ1n) is 11.2. The minimum Gasteiger partial charge on any atom is -0.496 e. The summed E-state index contributed by atoms with van der Waals surface area (Å²) in [6, 6.07) is 10.7. The Kier molecular flexibility index (Phi) is 6.21. The second-order valence-corrected chi connectivity index (χ2v) is 8.82. The van der Waals surface area contributed by atoms with Gasteiger partial charge in [-0.3, -0.25) is 4.79 Å². The molecule has 1 amide bonds. The van der Waals surface area contributed by atoms with Gasteiger partial charge in [0, 0.05) is 47.7 Å². The maximum atomic E-state index is 13.1. The van der Waals surface area contributed by atoms with Gasteiger partial charge < -0.3 is 19.7 Å². The molecule has 3 aromatic rings. The number of carbonyl (C=O) groups excluding carboxylic acids is 1. The SMILES string of the molecule is COc1cc(C(=O)O)ccc1C(C)c1c[nH]c2ccc(C(=O)N(C)CC3CCCC3)cc12. The molecule has 0 radical (unpaired) electrons. The summed E-state index contributed by atoms with van der Waals surface area (Å²) >= 11 is 0. The lowest BCUT2D eigenvalue weighted by Gasteiger charge is -2.21. The zero-order valence-corrected chi connectivity index (χ0v) is 18.9. The predicted octanol–water partition coefficient (Wildman–Crippen LogP) is 5.29. The zero-order chi connectivity index (χ0) is 22.8. The number of carboxylic acid groups (broad SMARTS) is 1. The van der Waals surface area contributed by atoms with Crippen LogP contribution in [0.3, 0.4) is 0 Å². The van der Waals surface area contributed by atoms with Crippen molar-refractivity contribution >= 4 is 22.8 Å². The number of carboxylic acids is 1. The van der Waals surface area contributed by atoms with Gasteiger partial charge in [0.25, 0.3) is 5.91 Å². The number of carbonyl (C=O) groups is 2. The molecule has 0 aliphatic heterocycles. The fourth-order valence-corrected chi connectivity index (χ4v) is 4.89. The molecule has 1 aliphatic rings. The van der Waals surface area contributed by atoms with Crippen LogP contribution in [0.5, 0.6) is 5.75 Å². The Bertz CT molecular complexity index is 1140. The van der Waals surface area contributed by atoms with Crippen molar-refractivity contribution < 1.29 is 19.4 Å². The molecule has 1 aliphatic carbocycles. The van der Waals surface area contributed by atoms with Crippen molar-refractivity contribution in [2.75, 3.05) is 20.7 Å². The monoisotopic (exact) mass is 434 g/mol. The number of benzene rings is 2. The summed E-state index contributed by atoms with van der Waals surface area (Å²) < 4.78 is 5.49. The first-order valence-corrected chi connectivity index (χ1v) is 11.2. The lowest BCUT2D eigenvalue weighted by atomic mass is 9.91. The van der Waals surface area contributed by atoms with Crippen LogP contribution in [0.15, 0.2) is 42.6 Å². The molecule has 168 valence electrons. The van der Waals surface area contributed by atoms with Gasteiger partial charge in [0.05, 0.1) is 12.7 Å². The number of hydrogen-bond donors (Lipinski definition) is 2. The third-order valence-corrected chi connectivity index (χ3v) is 6.73. The Hall–Kier alpha value is -3.28. The van der Waals surface area contributed by atoms with E-state index in [2.05, 4.69) is 11.9 Å². The lowest BCUT2D eigenvalue weighted by Crippen LogP contribution is -2.31.